The van der Waals surface area contributed by atoms with Crippen molar-refractivity contribution in [1.29, 1.82) is 0 Å². The van der Waals surface area contributed by atoms with Crippen molar-refractivity contribution in [2.75, 3.05) is 14.1 Å². The van der Waals surface area contributed by atoms with Gasteiger partial charge >= 0.3 is 0 Å². The summed E-state index contributed by atoms with van der Waals surface area (Å²) in [5, 5.41) is 9.19. The standard InChI is InChI=1S/C19H21N5OS/c1-14(18(25)23(2)3)26-19-22-21-17(16-10-7-11-20-12-16)24(19)13-15-8-5-4-6-9-15/h4-12,14H,13H2,1-3H3/t14-/m1/s1. The number of amides is 1. The molecule has 0 aliphatic carbocycles. The van der Waals surface area contributed by atoms with Crippen LogP contribution in [0.15, 0.2) is 60.0 Å². The van der Waals surface area contributed by atoms with Crippen LogP contribution in [0.3, 0.4) is 0 Å². The highest BCUT2D eigenvalue weighted by Crippen LogP contribution is 2.28. The van der Waals surface area contributed by atoms with Gasteiger partial charge in [0.15, 0.2) is 11.0 Å². The summed E-state index contributed by atoms with van der Waals surface area (Å²) < 4.78 is 2.04. The molecule has 1 amide bonds. The Labute approximate surface area is 157 Å². The number of thioether (sulfide) groups is 1. The number of benzene rings is 1. The van der Waals surface area contributed by atoms with Crippen LogP contribution in [0.25, 0.3) is 11.4 Å². The Bertz CT molecular complexity index is 864. The molecule has 0 radical (unpaired) electrons. The predicted molar refractivity (Wildman–Crippen MR) is 103 cm³/mol. The van der Waals surface area contributed by atoms with Gasteiger partial charge in [-0.05, 0) is 24.6 Å². The fraction of sp³-hybridized carbons (Fsp3) is 0.263. The van der Waals surface area contributed by atoms with E-state index in [1.54, 1.807) is 31.4 Å². The molecule has 0 saturated carbocycles. The molecule has 1 atom stereocenters. The third-order valence-corrected chi connectivity index (χ3v) is 4.96. The lowest BCUT2D eigenvalue weighted by Crippen LogP contribution is -2.29. The summed E-state index contributed by atoms with van der Waals surface area (Å²) in [5.41, 5.74) is 2.04. The SMILES string of the molecule is C[C@@H](Sc1nnc(-c2cccnc2)n1Cc1ccccc1)C(=O)N(C)C. The first kappa shape index (κ1) is 18.1. The fourth-order valence-electron chi connectivity index (χ4n) is 2.57. The molecular formula is C19H21N5OS. The van der Waals surface area contributed by atoms with Crippen molar-refractivity contribution in [3.63, 3.8) is 0 Å². The summed E-state index contributed by atoms with van der Waals surface area (Å²) in [4.78, 5) is 18.0. The number of pyridine rings is 1. The Morgan fingerprint density at radius 3 is 2.58 bits per heavy atom. The summed E-state index contributed by atoms with van der Waals surface area (Å²) in [5.74, 6) is 0.793. The topological polar surface area (TPSA) is 63.9 Å². The second-order valence-electron chi connectivity index (χ2n) is 6.11. The van der Waals surface area contributed by atoms with Gasteiger partial charge in [-0.25, -0.2) is 0 Å². The molecule has 134 valence electrons. The van der Waals surface area contributed by atoms with E-state index in [1.807, 2.05) is 41.8 Å². The van der Waals surface area contributed by atoms with Crippen LogP contribution in [0.1, 0.15) is 12.5 Å². The number of nitrogens with zero attached hydrogens (tertiary/aromatic N) is 5. The first-order valence-corrected chi connectivity index (χ1v) is 9.19. The number of hydrogen-bond acceptors (Lipinski definition) is 5. The molecule has 3 aromatic rings. The minimum Gasteiger partial charge on any atom is -0.348 e. The third kappa shape index (κ3) is 4.11. The predicted octanol–water partition coefficient (Wildman–Crippen LogP) is 2.96. The van der Waals surface area contributed by atoms with E-state index < -0.39 is 0 Å². The van der Waals surface area contributed by atoms with Crippen LogP contribution in [0.2, 0.25) is 0 Å². The van der Waals surface area contributed by atoms with Crippen molar-refractivity contribution in [2.24, 2.45) is 0 Å². The third-order valence-electron chi connectivity index (χ3n) is 3.89. The van der Waals surface area contributed by atoms with Gasteiger partial charge in [-0.3, -0.25) is 14.3 Å². The van der Waals surface area contributed by atoms with Crippen molar-refractivity contribution >= 4 is 17.7 Å². The lowest BCUT2D eigenvalue weighted by molar-refractivity contribution is -0.127. The molecule has 0 fully saturated rings. The van der Waals surface area contributed by atoms with E-state index in [4.69, 9.17) is 0 Å². The quantitative estimate of drug-likeness (QED) is 0.627. The minimum absolute atomic E-state index is 0.0483. The molecule has 7 heteroatoms. The molecule has 2 heterocycles. The molecule has 0 bridgehead atoms. The number of rotatable bonds is 6. The molecule has 2 aromatic heterocycles. The van der Waals surface area contributed by atoms with Gasteiger partial charge in [-0.15, -0.1) is 10.2 Å². The Hall–Kier alpha value is -2.67. The van der Waals surface area contributed by atoms with Crippen LogP contribution >= 0.6 is 11.8 Å². The zero-order valence-corrected chi connectivity index (χ0v) is 15.8. The average Bonchev–Trinajstić information content (AvgIpc) is 3.04. The number of aromatic nitrogens is 4. The van der Waals surface area contributed by atoms with Crippen LogP contribution in [0, 0.1) is 0 Å². The van der Waals surface area contributed by atoms with Crippen LogP contribution in [-0.4, -0.2) is 49.9 Å². The van der Waals surface area contributed by atoms with Gasteiger partial charge in [0.05, 0.1) is 11.8 Å². The van der Waals surface area contributed by atoms with Gasteiger partial charge in [0.2, 0.25) is 5.91 Å². The van der Waals surface area contributed by atoms with Gasteiger partial charge in [0.25, 0.3) is 0 Å². The Kier molecular flexibility index (Phi) is 5.68. The van der Waals surface area contributed by atoms with Crippen LogP contribution in [0.5, 0.6) is 0 Å². The molecule has 0 saturated heterocycles. The molecule has 0 spiro atoms. The maximum absolute atomic E-state index is 12.2. The van der Waals surface area contributed by atoms with Crippen LogP contribution < -0.4 is 0 Å². The Balaban J connectivity index is 1.96. The van der Waals surface area contributed by atoms with Gasteiger partial charge < -0.3 is 4.90 Å². The van der Waals surface area contributed by atoms with Gasteiger partial charge in [-0.2, -0.15) is 0 Å². The van der Waals surface area contributed by atoms with E-state index in [0.29, 0.717) is 6.54 Å². The zero-order chi connectivity index (χ0) is 18.5. The second kappa shape index (κ2) is 8.14. The molecule has 0 unspecified atom stereocenters. The summed E-state index contributed by atoms with van der Waals surface area (Å²) in [6, 6.07) is 14.0. The van der Waals surface area contributed by atoms with E-state index in [9.17, 15) is 4.79 Å². The first-order chi connectivity index (χ1) is 12.6. The lowest BCUT2D eigenvalue weighted by Gasteiger charge is -2.17. The highest BCUT2D eigenvalue weighted by atomic mass is 32.2. The van der Waals surface area contributed by atoms with Crippen LogP contribution in [-0.2, 0) is 11.3 Å². The summed E-state index contributed by atoms with van der Waals surface area (Å²) in [6.07, 6.45) is 3.50. The molecule has 1 aromatic carbocycles. The van der Waals surface area contributed by atoms with Crippen molar-refractivity contribution in [2.45, 2.75) is 23.9 Å². The summed E-state index contributed by atoms with van der Waals surface area (Å²) >= 11 is 1.42. The van der Waals surface area contributed by atoms with E-state index in [2.05, 4.69) is 27.3 Å². The van der Waals surface area contributed by atoms with E-state index in [0.717, 1.165) is 22.1 Å². The van der Waals surface area contributed by atoms with E-state index >= 15 is 0 Å². The highest BCUT2D eigenvalue weighted by Gasteiger charge is 2.22. The second-order valence-corrected chi connectivity index (χ2v) is 7.42. The summed E-state index contributed by atoms with van der Waals surface area (Å²) in [6.45, 7) is 2.52. The van der Waals surface area contributed by atoms with Gasteiger partial charge in [0.1, 0.15) is 0 Å². The highest BCUT2D eigenvalue weighted by molar-refractivity contribution is 8.00. The number of carbonyl (C=O) groups is 1. The van der Waals surface area contributed by atoms with Crippen molar-refractivity contribution in [1.82, 2.24) is 24.6 Å². The molecule has 0 aliphatic heterocycles. The largest absolute Gasteiger partial charge is 0.348 e. The molecule has 0 N–H and O–H groups in total. The Morgan fingerprint density at radius 1 is 1.15 bits per heavy atom. The average molecular weight is 367 g/mol. The number of carbonyl (C=O) groups excluding carboxylic acids is 1. The smallest absolute Gasteiger partial charge is 0.235 e. The maximum atomic E-state index is 12.2. The molecule has 0 aliphatic rings. The van der Waals surface area contributed by atoms with E-state index in [-0.39, 0.29) is 11.2 Å². The minimum atomic E-state index is -0.245. The fourth-order valence-corrected chi connectivity index (χ4v) is 3.56. The van der Waals surface area contributed by atoms with Crippen molar-refractivity contribution in [3.05, 3.63) is 60.4 Å². The van der Waals surface area contributed by atoms with Gasteiger partial charge in [-0.1, -0.05) is 42.1 Å². The molecule has 26 heavy (non-hydrogen) atoms. The zero-order valence-electron chi connectivity index (χ0n) is 15.0. The maximum Gasteiger partial charge on any atom is 0.235 e. The van der Waals surface area contributed by atoms with Gasteiger partial charge in [0, 0.05) is 32.1 Å². The lowest BCUT2D eigenvalue weighted by atomic mass is 10.2. The number of hydrogen-bond donors (Lipinski definition) is 0. The summed E-state index contributed by atoms with van der Waals surface area (Å²) in [7, 11) is 3.52. The molecular weight excluding hydrogens is 346 g/mol. The molecule has 6 nitrogen and oxygen atoms in total. The Morgan fingerprint density at radius 2 is 1.92 bits per heavy atom. The van der Waals surface area contributed by atoms with E-state index in [1.165, 1.54) is 11.8 Å². The first-order valence-electron chi connectivity index (χ1n) is 8.31. The van der Waals surface area contributed by atoms with Crippen LogP contribution in [0.4, 0.5) is 0 Å². The monoisotopic (exact) mass is 367 g/mol. The molecule has 3 rings (SSSR count). The van der Waals surface area contributed by atoms with Crippen molar-refractivity contribution < 1.29 is 4.79 Å². The van der Waals surface area contributed by atoms with Crippen molar-refractivity contribution in [3.8, 4) is 11.4 Å². The normalized spacial score (nSPS) is 12.0.